The van der Waals surface area contributed by atoms with Crippen LogP contribution in [0, 0.1) is 5.82 Å². The molecule has 0 aliphatic carbocycles. The van der Waals surface area contributed by atoms with Crippen molar-refractivity contribution in [3.8, 4) is 0 Å². The topological polar surface area (TPSA) is 103 Å². The third kappa shape index (κ3) is 6.91. The maximum Gasteiger partial charge on any atom is 0.408 e. The van der Waals surface area contributed by atoms with E-state index in [0.29, 0.717) is 10.7 Å². The number of benzene rings is 1. The highest BCUT2D eigenvalue weighted by molar-refractivity contribution is 8.13. The zero-order chi connectivity index (χ0) is 18.3. The van der Waals surface area contributed by atoms with Crippen molar-refractivity contribution in [1.82, 2.24) is 5.32 Å². The summed E-state index contributed by atoms with van der Waals surface area (Å²) in [4.78, 5) is 16.0. The van der Waals surface area contributed by atoms with Crippen LogP contribution in [-0.4, -0.2) is 23.1 Å². The number of hydrogen-bond donors (Lipinski definition) is 3. The molecule has 0 saturated carbocycles. The molecule has 0 fully saturated rings. The fourth-order valence-electron chi connectivity index (χ4n) is 1.71. The second kappa shape index (κ2) is 8.58. The van der Waals surface area contributed by atoms with Crippen molar-refractivity contribution in [2.45, 2.75) is 32.4 Å². The van der Waals surface area contributed by atoms with Crippen LogP contribution in [0.5, 0.6) is 0 Å². The molecule has 132 valence electrons. The van der Waals surface area contributed by atoms with E-state index in [1.807, 2.05) is 0 Å². The number of halogens is 1. The van der Waals surface area contributed by atoms with Crippen LogP contribution in [0.4, 0.5) is 9.18 Å². The SMILES string of the molecule is CS/C(N)=N/C=C(\N)C(NC(=O)OC(C)(C)C)c1ccc(F)cc1. The van der Waals surface area contributed by atoms with Gasteiger partial charge in [0.15, 0.2) is 5.17 Å². The summed E-state index contributed by atoms with van der Waals surface area (Å²) >= 11 is 1.26. The van der Waals surface area contributed by atoms with E-state index in [4.69, 9.17) is 16.2 Å². The van der Waals surface area contributed by atoms with Gasteiger partial charge >= 0.3 is 6.09 Å². The van der Waals surface area contributed by atoms with E-state index in [2.05, 4.69) is 10.3 Å². The van der Waals surface area contributed by atoms with Crippen LogP contribution in [0.15, 0.2) is 41.2 Å². The molecule has 0 aromatic heterocycles. The number of aliphatic imine (C=N–C) groups is 1. The van der Waals surface area contributed by atoms with Crippen LogP contribution in [0.25, 0.3) is 0 Å². The van der Waals surface area contributed by atoms with Crippen molar-refractivity contribution in [3.05, 3.63) is 47.5 Å². The zero-order valence-corrected chi connectivity index (χ0v) is 15.0. The van der Waals surface area contributed by atoms with Gasteiger partial charge in [-0.15, -0.1) is 0 Å². The first kappa shape index (κ1) is 19.8. The minimum Gasteiger partial charge on any atom is -0.444 e. The number of amidine groups is 1. The smallest absolute Gasteiger partial charge is 0.408 e. The molecule has 6 nitrogen and oxygen atoms in total. The monoisotopic (exact) mass is 354 g/mol. The Morgan fingerprint density at radius 2 is 1.92 bits per heavy atom. The molecule has 5 N–H and O–H groups in total. The molecule has 0 bridgehead atoms. The van der Waals surface area contributed by atoms with E-state index in [0.717, 1.165) is 0 Å². The number of thioether (sulfide) groups is 1. The zero-order valence-electron chi connectivity index (χ0n) is 14.2. The Labute approximate surface area is 145 Å². The van der Waals surface area contributed by atoms with Crippen LogP contribution in [0.2, 0.25) is 0 Å². The maximum atomic E-state index is 13.1. The number of nitrogens with one attached hydrogen (secondary N) is 1. The Kier molecular flexibility index (Phi) is 7.09. The first-order valence-electron chi connectivity index (χ1n) is 7.20. The molecule has 1 amide bonds. The largest absolute Gasteiger partial charge is 0.444 e. The van der Waals surface area contributed by atoms with Crippen LogP contribution in [-0.2, 0) is 4.74 Å². The lowest BCUT2D eigenvalue weighted by molar-refractivity contribution is 0.0511. The van der Waals surface area contributed by atoms with E-state index in [1.54, 1.807) is 27.0 Å². The maximum absolute atomic E-state index is 13.1. The Bertz CT molecular complexity index is 624. The molecule has 0 radical (unpaired) electrons. The highest BCUT2D eigenvalue weighted by atomic mass is 32.2. The summed E-state index contributed by atoms with van der Waals surface area (Å²) in [6, 6.07) is 4.90. The highest BCUT2D eigenvalue weighted by Crippen LogP contribution is 2.20. The van der Waals surface area contributed by atoms with Gasteiger partial charge in [0.05, 0.1) is 17.9 Å². The summed E-state index contributed by atoms with van der Waals surface area (Å²) in [6.45, 7) is 5.26. The number of amides is 1. The number of alkyl carbamates (subject to hydrolysis) is 1. The van der Waals surface area contributed by atoms with Gasteiger partial charge in [-0.3, -0.25) is 0 Å². The van der Waals surface area contributed by atoms with Crippen molar-refractivity contribution in [3.63, 3.8) is 0 Å². The molecule has 0 heterocycles. The predicted molar refractivity (Wildman–Crippen MR) is 95.9 cm³/mol. The summed E-state index contributed by atoms with van der Waals surface area (Å²) in [5.41, 5.74) is 11.8. The van der Waals surface area contributed by atoms with Gasteiger partial charge in [0.1, 0.15) is 11.4 Å². The number of ether oxygens (including phenoxy) is 1. The van der Waals surface area contributed by atoms with Crippen molar-refractivity contribution in [1.29, 1.82) is 0 Å². The van der Waals surface area contributed by atoms with Crippen molar-refractivity contribution >= 4 is 23.0 Å². The summed E-state index contributed by atoms with van der Waals surface area (Å²) < 4.78 is 18.4. The number of rotatable bonds is 4. The van der Waals surface area contributed by atoms with Gasteiger partial charge in [-0.05, 0) is 44.7 Å². The minimum atomic E-state index is -0.723. The molecule has 8 heteroatoms. The standard InChI is InChI=1S/C16H23FN4O2S/c1-16(2,3)23-15(22)21-13(10-5-7-11(17)8-6-10)12(18)9-20-14(19)24-4/h5-9,13H,18H2,1-4H3,(H2,19,20)(H,21,22)/b12-9-. The average molecular weight is 354 g/mol. The lowest BCUT2D eigenvalue weighted by atomic mass is 10.0. The van der Waals surface area contributed by atoms with E-state index in [-0.39, 0.29) is 11.5 Å². The molecular formula is C16H23FN4O2S. The average Bonchev–Trinajstić information content (AvgIpc) is 2.49. The normalized spacial score (nSPS) is 14.2. The van der Waals surface area contributed by atoms with Gasteiger partial charge in [0.2, 0.25) is 0 Å². The minimum absolute atomic E-state index is 0.240. The predicted octanol–water partition coefficient (Wildman–Crippen LogP) is 2.87. The fourth-order valence-corrected chi connectivity index (χ4v) is 1.86. The molecule has 1 atom stereocenters. The Morgan fingerprint density at radius 3 is 2.42 bits per heavy atom. The number of carbonyl (C=O) groups is 1. The molecule has 1 unspecified atom stereocenters. The molecule has 0 aliphatic heterocycles. The number of carbonyl (C=O) groups excluding carboxylic acids is 1. The highest BCUT2D eigenvalue weighted by Gasteiger charge is 2.22. The van der Waals surface area contributed by atoms with Crippen LogP contribution < -0.4 is 16.8 Å². The molecule has 1 aromatic rings. The fraction of sp³-hybridized carbons (Fsp3) is 0.375. The Morgan fingerprint density at radius 1 is 1.33 bits per heavy atom. The lowest BCUT2D eigenvalue weighted by Gasteiger charge is -2.24. The number of nitrogens with zero attached hydrogens (tertiary/aromatic N) is 1. The molecular weight excluding hydrogens is 331 g/mol. The Balaban J connectivity index is 3.07. The third-order valence-electron chi connectivity index (χ3n) is 2.75. The summed E-state index contributed by atoms with van der Waals surface area (Å²) in [5, 5.41) is 2.98. The number of hydrogen-bond acceptors (Lipinski definition) is 5. The van der Waals surface area contributed by atoms with E-state index >= 15 is 0 Å². The van der Waals surface area contributed by atoms with Gasteiger partial charge in [0.25, 0.3) is 0 Å². The van der Waals surface area contributed by atoms with Gasteiger partial charge in [0, 0.05) is 0 Å². The van der Waals surface area contributed by atoms with Crippen LogP contribution in [0.1, 0.15) is 32.4 Å². The summed E-state index contributed by atoms with van der Waals surface area (Å²) in [6.07, 6.45) is 2.49. The van der Waals surface area contributed by atoms with Gasteiger partial charge in [-0.2, -0.15) is 0 Å². The third-order valence-corrected chi connectivity index (χ3v) is 3.27. The molecule has 0 saturated heterocycles. The molecule has 1 rings (SSSR count). The quantitative estimate of drug-likeness (QED) is 0.570. The van der Waals surface area contributed by atoms with Crippen molar-refractivity contribution in [2.24, 2.45) is 16.5 Å². The van der Waals surface area contributed by atoms with Crippen LogP contribution >= 0.6 is 11.8 Å². The van der Waals surface area contributed by atoms with E-state index < -0.39 is 17.7 Å². The van der Waals surface area contributed by atoms with Gasteiger partial charge in [-0.25, -0.2) is 14.2 Å². The molecule has 1 aromatic carbocycles. The summed E-state index contributed by atoms with van der Waals surface area (Å²) in [7, 11) is 0. The first-order chi connectivity index (χ1) is 11.1. The van der Waals surface area contributed by atoms with Crippen LogP contribution in [0.3, 0.4) is 0 Å². The molecule has 24 heavy (non-hydrogen) atoms. The molecule has 0 spiro atoms. The second-order valence-electron chi connectivity index (χ2n) is 5.93. The van der Waals surface area contributed by atoms with E-state index in [1.165, 1.54) is 42.2 Å². The first-order valence-corrected chi connectivity index (χ1v) is 8.42. The lowest BCUT2D eigenvalue weighted by Crippen LogP contribution is -2.37. The Hall–Kier alpha value is -2.22. The van der Waals surface area contributed by atoms with Gasteiger partial charge < -0.3 is 21.5 Å². The summed E-state index contributed by atoms with van der Waals surface area (Å²) in [5.74, 6) is -0.387. The van der Waals surface area contributed by atoms with Gasteiger partial charge in [-0.1, -0.05) is 23.9 Å². The van der Waals surface area contributed by atoms with Crippen molar-refractivity contribution in [2.75, 3.05) is 6.26 Å². The van der Waals surface area contributed by atoms with Crippen molar-refractivity contribution < 1.29 is 13.9 Å². The van der Waals surface area contributed by atoms with E-state index in [9.17, 15) is 9.18 Å². The second-order valence-corrected chi connectivity index (χ2v) is 6.76. The molecule has 0 aliphatic rings. The number of nitrogens with two attached hydrogens (primary N) is 2.